The van der Waals surface area contributed by atoms with Crippen LogP contribution in [-0.4, -0.2) is 9.97 Å². The lowest BCUT2D eigenvalue weighted by molar-refractivity contribution is 0.576. The summed E-state index contributed by atoms with van der Waals surface area (Å²) in [5.41, 5.74) is 2.61. The molecule has 0 aliphatic heterocycles. The van der Waals surface area contributed by atoms with Gasteiger partial charge in [0.15, 0.2) is 11.6 Å². The van der Waals surface area contributed by atoms with Gasteiger partial charge in [0.05, 0.1) is 16.3 Å². The van der Waals surface area contributed by atoms with Crippen LogP contribution >= 0.6 is 39.1 Å². The van der Waals surface area contributed by atoms with E-state index in [0.717, 1.165) is 15.6 Å². The first-order valence-electron chi connectivity index (χ1n) is 6.09. The summed E-state index contributed by atoms with van der Waals surface area (Å²) in [5.74, 6) is 0.841. The number of halogens is 3. The Hall–Kier alpha value is -1.36. The second kappa shape index (κ2) is 5.79. The summed E-state index contributed by atoms with van der Waals surface area (Å²) in [6, 6.07) is 9.61. The summed E-state index contributed by atoms with van der Waals surface area (Å²) < 4.78 is 6.08. The van der Waals surface area contributed by atoms with E-state index in [2.05, 4.69) is 25.9 Å². The molecule has 3 rings (SSSR count). The molecule has 0 aliphatic rings. The van der Waals surface area contributed by atoms with E-state index in [1.807, 2.05) is 31.2 Å². The number of benzene rings is 1. The normalized spacial score (nSPS) is 10.9. The van der Waals surface area contributed by atoms with Gasteiger partial charge < -0.3 is 4.42 Å². The van der Waals surface area contributed by atoms with E-state index in [1.165, 1.54) is 0 Å². The fourth-order valence-corrected chi connectivity index (χ4v) is 2.99. The fraction of sp³-hybridized carbons (Fsp3) is 0.0667. The minimum atomic E-state index is 0.291. The van der Waals surface area contributed by atoms with Crippen molar-refractivity contribution < 1.29 is 4.42 Å². The molecule has 0 unspecified atom stereocenters. The van der Waals surface area contributed by atoms with Crippen LogP contribution < -0.4 is 0 Å². The van der Waals surface area contributed by atoms with E-state index in [1.54, 1.807) is 12.3 Å². The Bertz CT molecular complexity index is 794. The highest BCUT2D eigenvalue weighted by atomic mass is 79.9. The number of hydrogen-bond acceptors (Lipinski definition) is 3. The number of nitrogens with zero attached hydrogens (tertiary/aromatic N) is 2. The van der Waals surface area contributed by atoms with Crippen LogP contribution in [0, 0.1) is 6.92 Å². The first-order valence-corrected chi connectivity index (χ1v) is 7.64. The van der Waals surface area contributed by atoms with Crippen LogP contribution in [0.25, 0.3) is 22.7 Å². The Labute approximate surface area is 140 Å². The van der Waals surface area contributed by atoms with Crippen molar-refractivity contribution in [1.82, 2.24) is 9.97 Å². The van der Waals surface area contributed by atoms with Gasteiger partial charge in [-0.15, -0.1) is 0 Å². The van der Waals surface area contributed by atoms with Gasteiger partial charge >= 0.3 is 0 Å². The van der Waals surface area contributed by atoms with Crippen LogP contribution in [0.4, 0.5) is 0 Å². The van der Waals surface area contributed by atoms with E-state index in [9.17, 15) is 0 Å². The third-order valence-corrected chi connectivity index (χ3v) is 4.12. The Morgan fingerprint density at radius 2 is 1.81 bits per heavy atom. The maximum atomic E-state index is 6.30. The Morgan fingerprint density at radius 1 is 1.10 bits per heavy atom. The molecule has 0 saturated carbocycles. The Kier molecular flexibility index (Phi) is 4.02. The fourth-order valence-electron chi connectivity index (χ4n) is 2.00. The van der Waals surface area contributed by atoms with Gasteiger partial charge in [0.2, 0.25) is 0 Å². The number of aromatic nitrogens is 2. The molecule has 0 saturated heterocycles. The number of rotatable bonds is 2. The van der Waals surface area contributed by atoms with E-state index in [4.69, 9.17) is 27.6 Å². The van der Waals surface area contributed by atoms with E-state index < -0.39 is 0 Å². The predicted octanol–water partition coefficient (Wildman–Crippen LogP) is 5.78. The van der Waals surface area contributed by atoms with E-state index >= 15 is 0 Å². The summed E-state index contributed by atoms with van der Waals surface area (Å²) in [7, 11) is 0. The lowest BCUT2D eigenvalue weighted by atomic mass is 10.1. The van der Waals surface area contributed by atoms with Gasteiger partial charge in [-0.25, -0.2) is 9.97 Å². The van der Waals surface area contributed by atoms with Crippen molar-refractivity contribution in [3.63, 3.8) is 0 Å². The molecule has 6 heteroatoms. The molecule has 0 atom stereocenters. The molecule has 0 aliphatic carbocycles. The largest absolute Gasteiger partial charge is 0.460 e. The first-order chi connectivity index (χ1) is 10.1. The SMILES string of the molecule is Cc1cccc(-c2c(Cl)nc(-c3occc3Br)nc2Cl)c1. The van der Waals surface area contributed by atoms with Crippen molar-refractivity contribution in [2.45, 2.75) is 6.92 Å². The van der Waals surface area contributed by atoms with Crippen LogP contribution in [0.1, 0.15) is 5.56 Å². The molecule has 21 heavy (non-hydrogen) atoms. The van der Waals surface area contributed by atoms with Crippen molar-refractivity contribution in [3.8, 4) is 22.7 Å². The van der Waals surface area contributed by atoms with Crippen LogP contribution in [0.3, 0.4) is 0 Å². The Balaban J connectivity index is 2.15. The predicted molar refractivity (Wildman–Crippen MR) is 87.6 cm³/mol. The zero-order valence-corrected chi connectivity index (χ0v) is 14.0. The smallest absolute Gasteiger partial charge is 0.199 e. The summed E-state index contributed by atoms with van der Waals surface area (Å²) in [5, 5.41) is 0.581. The standard InChI is InChI=1S/C15H9BrCl2N2O/c1-8-3-2-4-9(7-8)11-13(17)19-15(20-14(11)18)12-10(16)5-6-21-12/h2-7H,1H3. The first kappa shape index (κ1) is 14.6. The van der Waals surface area contributed by atoms with Gasteiger partial charge in [-0.1, -0.05) is 53.0 Å². The van der Waals surface area contributed by atoms with Gasteiger partial charge in [0.25, 0.3) is 0 Å². The minimum Gasteiger partial charge on any atom is -0.460 e. The number of aryl methyl sites for hydroxylation is 1. The molecular formula is C15H9BrCl2N2O. The average Bonchev–Trinajstić information content (AvgIpc) is 2.84. The molecule has 1 aromatic carbocycles. The number of furan rings is 1. The third kappa shape index (κ3) is 2.84. The van der Waals surface area contributed by atoms with Crippen molar-refractivity contribution in [2.75, 3.05) is 0 Å². The van der Waals surface area contributed by atoms with Crippen LogP contribution in [0.15, 0.2) is 45.5 Å². The molecule has 0 spiro atoms. The molecule has 3 nitrogen and oxygen atoms in total. The topological polar surface area (TPSA) is 38.9 Å². The molecular weight excluding hydrogens is 375 g/mol. The van der Waals surface area contributed by atoms with E-state index in [0.29, 0.717) is 27.5 Å². The van der Waals surface area contributed by atoms with Crippen molar-refractivity contribution in [2.24, 2.45) is 0 Å². The van der Waals surface area contributed by atoms with E-state index in [-0.39, 0.29) is 0 Å². The van der Waals surface area contributed by atoms with Crippen molar-refractivity contribution >= 4 is 39.1 Å². The van der Waals surface area contributed by atoms with Crippen LogP contribution in [-0.2, 0) is 0 Å². The number of hydrogen-bond donors (Lipinski definition) is 0. The summed E-state index contributed by atoms with van der Waals surface area (Å²) in [6.07, 6.45) is 1.54. The molecule has 0 amide bonds. The molecule has 106 valence electrons. The summed E-state index contributed by atoms with van der Waals surface area (Å²) >= 11 is 16.0. The highest BCUT2D eigenvalue weighted by molar-refractivity contribution is 9.10. The highest BCUT2D eigenvalue weighted by Crippen LogP contribution is 2.36. The minimum absolute atomic E-state index is 0.291. The van der Waals surface area contributed by atoms with Crippen LogP contribution in [0.2, 0.25) is 10.3 Å². The third-order valence-electron chi connectivity index (χ3n) is 2.95. The zero-order chi connectivity index (χ0) is 15.0. The zero-order valence-electron chi connectivity index (χ0n) is 10.9. The van der Waals surface area contributed by atoms with Crippen LogP contribution in [0.5, 0.6) is 0 Å². The second-order valence-electron chi connectivity index (χ2n) is 4.47. The molecule has 0 radical (unpaired) electrons. The quantitative estimate of drug-likeness (QED) is 0.526. The lowest BCUT2D eigenvalue weighted by Crippen LogP contribution is -1.94. The van der Waals surface area contributed by atoms with Gasteiger partial charge in [-0.05, 0) is 34.5 Å². The van der Waals surface area contributed by atoms with Gasteiger partial charge in [-0.3, -0.25) is 0 Å². The second-order valence-corrected chi connectivity index (χ2v) is 6.04. The molecule has 3 aromatic rings. The molecule has 2 heterocycles. The van der Waals surface area contributed by atoms with Gasteiger partial charge in [0.1, 0.15) is 10.3 Å². The van der Waals surface area contributed by atoms with Crippen molar-refractivity contribution in [3.05, 3.63) is 56.9 Å². The monoisotopic (exact) mass is 382 g/mol. The maximum Gasteiger partial charge on any atom is 0.199 e. The van der Waals surface area contributed by atoms with Gasteiger partial charge in [0, 0.05) is 0 Å². The lowest BCUT2D eigenvalue weighted by Gasteiger charge is -2.08. The molecule has 0 bridgehead atoms. The average molecular weight is 384 g/mol. The summed E-state index contributed by atoms with van der Waals surface area (Å²) in [4.78, 5) is 8.58. The Morgan fingerprint density at radius 3 is 2.38 bits per heavy atom. The maximum absolute atomic E-state index is 6.30. The molecule has 2 aromatic heterocycles. The van der Waals surface area contributed by atoms with Gasteiger partial charge in [-0.2, -0.15) is 0 Å². The highest BCUT2D eigenvalue weighted by Gasteiger charge is 2.17. The molecule has 0 fully saturated rings. The molecule has 0 N–H and O–H groups in total. The summed E-state index contributed by atoms with van der Waals surface area (Å²) in [6.45, 7) is 2.00. The van der Waals surface area contributed by atoms with Crippen molar-refractivity contribution in [1.29, 1.82) is 0 Å².